The molecule has 2 saturated heterocycles. The predicted octanol–water partition coefficient (Wildman–Crippen LogP) is 2.67. The number of nitrogens with zero attached hydrogens (tertiary/aromatic N) is 2. The van der Waals surface area contributed by atoms with E-state index in [-0.39, 0.29) is 24.8 Å². The Labute approximate surface area is 157 Å². The number of hydrogen-bond donors (Lipinski definition) is 1. The fourth-order valence-electron chi connectivity index (χ4n) is 4.54. The van der Waals surface area contributed by atoms with Gasteiger partial charge in [-0.05, 0) is 43.0 Å². The lowest BCUT2D eigenvalue weighted by molar-refractivity contribution is 0.0322. The van der Waals surface area contributed by atoms with Crippen LogP contribution in [0.5, 0.6) is 5.75 Å². The largest absolute Gasteiger partial charge is 0.508 e. The maximum Gasteiger partial charge on any atom is 0.119 e. The van der Waals surface area contributed by atoms with Crippen molar-refractivity contribution in [2.24, 2.45) is 0 Å². The zero-order chi connectivity index (χ0) is 14.9. The van der Waals surface area contributed by atoms with Gasteiger partial charge in [0.15, 0.2) is 0 Å². The highest BCUT2D eigenvalue weighted by atomic mass is 35.5. The molecule has 136 valence electrons. The molecule has 0 radical (unpaired) electrons. The summed E-state index contributed by atoms with van der Waals surface area (Å²) < 4.78 is 5.43. The van der Waals surface area contributed by atoms with Gasteiger partial charge in [-0.15, -0.1) is 24.8 Å². The fourth-order valence-corrected chi connectivity index (χ4v) is 4.54. The molecule has 6 heteroatoms. The minimum Gasteiger partial charge on any atom is -0.508 e. The van der Waals surface area contributed by atoms with Crippen LogP contribution in [0.25, 0.3) is 0 Å². The molecule has 0 unspecified atom stereocenters. The van der Waals surface area contributed by atoms with Gasteiger partial charge in [0.05, 0.1) is 13.2 Å². The first-order chi connectivity index (χ1) is 10.8. The molecule has 3 aliphatic rings. The average Bonchev–Trinajstić information content (AvgIpc) is 2.98. The number of fused-ring (bicyclic) bond motifs is 3. The van der Waals surface area contributed by atoms with Crippen LogP contribution in [0.1, 0.15) is 29.9 Å². The fraction of sp³-hybridized carbons (Fsp3) is 0.667. The Morgan fingerprint density at radius 3 is 2.62 bits per heavy atom. The normalized spacial score (nSPS) is 26.8. The molecule has 2 aliphatic heterocycles. The van der Waals surface area contributed by atoms with E-state index in [2.05, 4.69) is 15.9 Å². The molecule has 2 atom stereocenters. The summed E-state index contributed by atoms with van der Waals surface area (Å²) in [7, 11) is 0. The Morgan fingerprint density at radius 2 is 1.83 bits per heavy atom. The maximum atomic E-state index is 10.1. The quantitative estimate of drug-likeness (QED) is 0.881. The van der Waals surface area contributed by atoms with Gasteiger partial charge in [0.25, 0.3) is 0 Å². The van der Waals surface area contributed by atoms with E-state index in [0.29, 0.717) is 17.7 Å². The van der Waals surface area contributed by atoms with Gasteiger partial charge in [-0.1, -0.05) is 12.1 Å². The third-order valence-corrected chi connectivity index (χ3v) is 5.75. The Balaban J connectivity index is 0.00000104. The van der Waals surface area contributed by atoms with Crippen molar-refractivity contribution >= 4 is 24.8 Å². The molecule has 1 N–H and O–H groups in total. The maximum absolute atomic E-state index is 10.1. The van der Waals surface area contributed by atoms with Crippen LogP contribution in [-0.4, -0.2) is 66.9 Å². The van der Waals surface area contributed by atoms with Crippen molar-refractivity contribution in [1.82, 2.24) is 9.80 Å². The summed E-state index contributed by atoms with van der Waals surface area (Å²) in [6.45, 7) is 7.48. The molecule has 4 rings (SSSR count). The van der Waals surface area contributed by atoms with E-state index >= 15 is 0 Å². The van der Waals surface area contributed by atoms with E-state index in [1.165, 1.54) is 43.6 Å². The molecule has 4 nitrogen and oxygen atoms in total. The average molecular weight is 375 g/mol. The van der Waals surface area contributed by atoms with Gasteiger partial charge in [-0.2, -0.15) is 0 Å². The second-order valence-corrected chi connectivity index (χ2v) is 6.84. The van der Waals surface area contributed by atoms with Crippen molar-refractivity contribution in [3.05, 3.63) is 29.3 Å². The number of phenolic OH excluding ortho intramolecular Hbond substituents is 1. The molecule has 0 saturated carbocycles. The van der Waals surface area contributed by atoms with Crippen LogP contribution in [0.2, 0.25) is 0 Å². The smallest absolute Gasteiger partial charge is 0.119 e. The van der Waals surface area contributed by atoms with Gasteiger partial charge in [-0.3, -0.25) is 9.80 Å². The number of phenols is 1. The molecule has 24 heavy (non-hydrogen) atoms. The van der Waals surface area contributed by atoms with Crippen LogP contribution in [0.3, 0.4) is 0 Å². The van der Waals surface area contributed by atoms with E-state index in [1.54, 1.807) is 0 Å². The van der Waals surface area contributed by atoms with Crippen LogP contribution in [0.15, 0.2) is 18.2 Å². The lowest BCUT2D eigenvalue weighted by atomic mass is 9.79. The van der Waals surface area contributed by atoms with Crippen molar-refractivity contribution in [3.63, 3.8) is 0 Å². The van der Waals surface area contributed by atoms with Crippen LogP contribution in [0, 0.1) is 0 Å². The summed E-state index contributed by atoms with van der Waals surface area (Å²) >= 11 is 0. The lowest BCUT2D eigenvalue weighted by Gasteiger charge is -2.35. The van der Waals surface area contributed by atoms with E-state index in [1.807, 2.05) is 12.1 Å². The summed E-state index contributed by atoms with van der Waals surface area (Å²) in [5.41, 5.74) is 2.61. The third kappa shape index (κ3) is 3.83. The third-order valence-electron chi connectivity index (χ3n) is 5.75. The summed E-state index contributed by atoms with van der Waals surface area (Å²) in [4.78, 5) is 5.21. The lowest BCUT2D eigenvalue weighted by Crippen LogP contribution is -2.43. The highest BCUT2D eigenvalue weighted by Crippen LogP contribution is 2.43. The van der Waals surface area contributed by atoms with Gasteiger partial charge in [0.2, 0.25) is 0 Å². The molecule has 0 aromatic heterocycles. The molecule has 0 spiro atoms. The first-order valence-electron chi connectivity index (χ1n) is 8.68. The number of aromatic hydroxyl groups is 1. The SMILES string of the molecule is Cl.Cl.Oc1cccc2c1CC[C@H]1[C@@H]2CCN1CCN1CCOCC1. The molecular weight excluding hydrogens is 347 g/mol. The van der Waals surface area contributed by atoms with Gasteiger partial charge >= 0.3 is 0 Å². The zero-order valence-electron chi connectivity index (χ0n) is 14.0. The number of likely N-dealkylation sites (tertiary alicyclic amines) is 1. The van der Waals surface area contributed by atoms with Crippen LogP contribution >= 0.6 is 24.8 Å². The first kappa shape index (κ1) is 19.8. The standard InChI is InChI=1S/C18H26N2O2.2ClH/c21-18-3-1-2-14-15-6-7-20(17(15)5-4-16(14)18)9-8-19-10-12-22-13-11-19;;/h1-3,15,17,21H,4-13H2;2*1H/t15-,17+;;/m1../s1. The Bertz CT molecular complexity index is 538. The number of ether oxygens (including phenoxy) is 1. The number of benzene rings is 1. The summed E-state index contributed by atoms with van der Waals surface area (Å²) in [6, 6.07) is 6.75. The highest BCUT2D eigenvalue weighted by molar-refractivity contribution is 5.85. The second kappa shape index (κ2) is 8.72. The number of hydrogen-bond acceptors (Lipinski definition) is 4. The molecule has 2 fully saturated rings. The van der Waals surface area contributed by atoms with Crippen molar-refractivity contribution in [1.29, 1.82) is 0 Å². The number of morpholine rings is 1. The van der Waals surface area contributed by atoms with Gasteiger partial charge in [-0.25, -0.2) is 0 Å². The highest BCUT2D eigenvalue weighted by Gasteiger charge is 2.39. The second-order valence-electron chi connectivity index (χ2n) is 6.84. The predicted molar refractivity (Wildman–Crippen MR) is 101 cm³/mol. The van der Waals surface area contributed by atoms with E-state index in [9.17, 15) is 5.11 Å². The molecule has 0 amide bonds. The van der Waals surface area contributed by atoms with Crippen molar-refractivity contribution in [2.75, 3.05) is 45.9 Å². The van der Waals surface area contributed by atoms with Crippen LogP contribution < -0.4 is 0 Å². The first-order valence-corrected chi connectivity index (χ1v) is 8.68. The van der Waals surface area contributed by atoms with E-state index < -0.39 is 0 Å². The summed E-state index contributed by atoms with van der Waals surface area (Å²) in [5, 5.41) is 10.1. The van der Waals surface area contributed by atoms with E-state index in [0.717, 1.165) is 32.7 Å². The van der Waals surface area contributed by atoms with Crippen molar-refractivity contribution in [2.45, 2.75) is 31.2 Å². The number of halogens is 2. The molecule has 1 aromatic carbocycles. The topological polar surface area (TPSA) is 35.9 Å². The monoisotopic (exact) mass is 374 g/mol. The molecule has 2 heterocycles. The van der Waals surface area contributed by atoms with Gasteiger partial charge in [0, 0.05) is 38.1 Å². The van der Waals surface area contributed by atoms with Gasteiger partial charge < -0.3 is 9.84 Å². The van der Waals surface area contributed by atoms with Crippen molar-refractivity contribution in [3.8, 4) is 5.75 Å². The van der Waals surface area contributed by atoms with Crippen LogP contribution in [0.4, 0.5) is 0 Å². The molecule has 1 aliphatic carbocycles. The minimum absolute atomic E-state index is 0. The Hall–Kier alpha value is -0.520. The molecule has 0 bridgehead atoms. The summed E-state index contributed by atoms with van der Waals surface area (Å²) in [5.74, 6) is 1.13. The molecule has 1 aromatic rings. The Morgan fingerprint density at radius 1 is 1.04 bits per heavy atom. The number of rotatable bonds is 3. The van der Waals surface area contributed by atoms with E-state index in [4.69, 9.17) is 4.74 Å². The van der Waals surface area contributed by atoms with Crippen LogP contribution in [-0.2, 0) is 11.2 Å². The Kier molecular flexibility index (Phi) is 7.20. The van der Waals surface area contributed by atoms with Crippen molar-refractivity contribution < 1.29 is 9.84 Å². The molecular formula is C18H28Cl2N2O2. The zero-order valence-corrected chi connectivity index (χ0v) is 15.7. The summed E-state index contributed by atoms with van der Waals surface area (Å²) in [6.07, 6.45) is 3.46. The van der Waals surface area contributed by atoms with Gasteiger partial charge in [0.1, 0.15) is 5.75 Å². The minimum atomic E-state index is 0.